The minimum atomic E-state index is -1.16. The van der Waals surface area contributed by atoms with E-state index in [1.807, 2.05) is 69.5 Å². The fourth-order valence-corrected chi connectivity index (χ4v) is 6.53. The fraction of sp³-hybridized carbons (Fsp3) is 0.415. The van der Waals surface area contributed by atoms with Crippen LogP contribution < -0.4 is 9.64 Å². The average molecular weight is 666 g/mol. The summed E-state index contributed by atoms with van der Waals surface area (Å²) in [7, 11) is 0. The number of anilines is 1. The second-order valence-electron chi connectivity index (χ2n) is 14.4. The smallest absolute Gasteiger partial charge is 0.337 e. The first-order chi connectivity index (χ1) is 23.2. The third kappa shape index (κ3) is 8.26. The topological polar surface area (TPSA) is 85.5 Å². The number of aromatic nitrogens is 2. The van der Waals surface area contributed by atoms with Gasteiger partial charge in [0.1, 0.15) is 17.2 Å². The fourth-order valence-electron chi connectivity index (χ4n) is 6.53. The number of carboxylic acid groups (broad SMARTS) is 1. The molecule has 49 heavy (non-hydrogen) atoms. The highest BCUT2D eigenvalue weighted by atomic mass is 16.5. The molecule has 0 amide bonds. The summed E-state index contributed by atoms with van der Waals surface area (Å²) in [5, 5.41) is 10.5. The second-order valence-corrected chi connectivity index (χ2v) is 14.4. The van der Waals surface area contributed by atoms with Gasteiger partial charge in [0.25, 0.3) is 0 Å². The Balaban J connectivity index is 1.63. The monoisotopic (exact) mass is 665 g/mol. The maximum atomic E-state index is 12.9. The molecular weight excluding hydrogens is 614 g/mol. The van der Waals surface area contributed by atoms with Gasteiger partial charge >= 0.3 is 5.97 Å². The molecule has 2 aromatic carbocycles. The minimum Gasteiger partial charge on any atom is -0.490 e. The minimum absolute atomic E-state index is 0.00507. The first-order valence-corrected chi connectivity index (χ1v) is 17.1. The van der Waals surface area contributed by atoms with Crippen molar-refractivity contribution in [1.29, 1.82) is 0 Å². The van der Waals surface area contributed by atoms with Crippen LogP contribution in [0.25, 0.3) is 28.0 Å². The number of imidazole rings is 1. The van der Waals surface area contributed by atoms with E-state index < -0.39 is 17.7 Å². The molecule has 3 heterocycles. The van der Waals surface area contributed by atoms with Gasteiger partial charge in [0.2, 0.25) is 0 Å². The van der Waals surface area contributed by atoms with Crippen molar-refractivity contribution in [2.24, 2.45) is 0 Å². The molecule has 5 rings (SSSR count). The molecule has 1 aliphatic heterocycles. The molecule has 8 nitrogen and oxygen atoms in total. The van der Waals surface area contributed by atoms with E-state index in [1.165, 1.54) is 0 Å². The molecule has 1 fully saturated rings. The van der Waals surface area contributed by atoms with Crippen molar-refractivity contribution < 1.29 is 24.1 Å². The number of rotatable bonds is 13. The van der Waals surface area contributed by atoms with E-state index in [0.29, 0.717) is 25.3 Å². The summed E-state index contributed by atoms with van der Waals surface area (Å²) in [5.41, 5.74) is 6.14. The van der Waals surface area contributed by atoms with Crippen LogP contribution in [-0.4, -0.2) is 57.5 Å². The zero-order valence-corrected chi connectivity index (χ0v) is 30.1. The number of nitrogens with zero attached hydrogens (tertiary/aromatic N) is 3. The number of piperidine rings is 1. The third-order valence-corrected chi connectivity index (χ3v) is 9.03. The van der Waals surface area contributed by atoms with Gasteiger partial charge in [-0.25, -0.2) is 9.78 Å². The van der Waals surface area contributed by atoms with Gasteiger partial charge < -0.3 is 24.2 Å². The summed E-state index contributed by atoms with van der Waals surface area (Å²) in [6, 6.07) is 16.5. The number of ether oxygens (including phenoxy) is 3. The molecule has 260 valence electrons. The maximum absolute atomic E-state index is 12.9. The molecule has 2 unspecified atom stereocenters. The van der Waals surface area contributed by atoms with Crippen LogP contribution in [0.1, 0.15) is 76.7 Å². The number of fused-ring (bicyclic) bond motifs is 1. The number of hydrogen-bond donors (Lipinski definition) is 1. The largest absolute Gasteiger partial charge is 0.490 e. The first-order valence-electron chi connectivity index (χ1n) is 17.1. The molecule has 2 atom stereocenters. The predicted octanol–water partition coefficient (Wildman–Crippen LogP) is 9.13. The molecule has 0 aliphatic carbocycles. The van der Waals surface area contributed by atoms with Crippen molar-refractivity contribution in [3.05, 3.63) is 96.7 Å². The van der Waals surface area contributed by atoms with Gasteiger partial charge in [0, 0.05) is 42.4 Å². The summed E-state index contributed by atoms with van der Waals surface area (Å²) in [6.07, 6.45) is 6.81. The normalized spacial score (nSPS) is 15.9. The average Bonchev–Trinajstić information content (AvgIpc) is 3.47. The Morgan fingerprint density at radius 2 is 1.78 bits per heavy atom. The van der Waals surface area contributed by atoms with Crippen molar-refractivity contribution >= 4 is 17.4 Å². The van der Waals surface area contributed by atoms with E-state index in [2.05, 4.69) is 62.2 Å². The molecule has 1 saturated heterocycles. The van der Waals surface area contributed by atoms with Gasteiger partial charge in [-0.1, -0.05) is 42.0 Å². The summed E-state index contributed by atoms with van der Waals surface area (Å²) >= 11 is 0. The molecule has 1 N–H and O–H groups in total. The highest BCUT2D eigenvalue weighted by Crippen LogP contribution is 2.40. The molecule has 2 aromatic heterocycles. The standard InChI is InChI=1S/C41H51N3O5/c1-10-13-29(5)48-34-17-16-27(3)23-32(34)30-14-12-15-31(25-30)33-26-44-35(42-33)24-28(4)36(37(39(45)46)49-40(6,7)8)38(44)43-20-18-41(9,19-21-43)47-22-11-2/h10-12,14-17,23-26,29,37H,1-2,13,18-22H2,3-9H3,(H,45,46). The van der Waals surface area contributed by atoms with Gasteiger partial charge in [0.15, 0.2) is 6.10 Å². The van der Waals surface area contributed by atoms with Crippen LogP contribution >= 0.6 is 0 Å². The lowest BCUT2D eigenvalue weighted by molar-refractivity contribution is -0.160. The van der Waals surface area contributed by atoms with Crippen LogP contribution in [0.3, 0.4) is 0 Å². The highest BCUT2D eigenvalue weighted by Gasteiger charge is 2.37. The molecule has 8 heteroatoms. The van der Waals surface area contributed by atoms with Gasteiger partial charge in [-0.3, -0.25) is 4.40 Å². The van der Waals surface area contributed by atoms with E-state index in [9.17, 15) is 9.90 Å². The summed E-state index contributed by atoms with van der Waals surface area (Å²) < 4.78 is 20.8. The number of pyridine rings is 1. The number of benzene rings is 2. The van der Waals surface area contributed by atoms with Crippen molar-refractivity contribution in [2.75, 3.05) is 24.6 Å². The van der Waals surface area contributed by atoms with Crippen molar-refractivity contribution in [3.63, 3.8) is 0 Å². The number of aliphatic carboxylic acids is 1. The van der Waals surface area contributed by atoms with E-state index in [0.717, 1.165) is 70.0 Å². The molecule has 0 spiro atoms. The SMILES string of the molecule is C=CCOC1(C)CCN(c2c(C(OC(C)(C)C)C(=O)O)c(C)cc3nc(-c4cccc(-c5cc(C)ccc5OC(C)CC=C)c4)cn23)CC1. The van der Waals surface area contributed by atoms with E-state index in [4.69, 9.17) is 19.2 Å². The zero-order valence-electron chi connectivity index (χ0n) is 30.1. The molecule has 0 radical (unpaired) electrons. The second kappa shape index (κ2) is 14.6. The Bertz CT molecular complexity index is 1830. The lowest BCUT2D eigenvalue weighted by Gasteiger charge is -2.41. The van der Waals surface area contributed by atoms with Crippen molar-refractivity contribution in [2.45, 2.75) is 91.1 Å². The molecule has 0 saturated carbocycles. The van der Waals surface area contributed by atoms with Crippen LogP contribution in [0.5, 0.6) is 5.75 Å². The number of carboxylic acids is 1. The van der Waals surface area contributed by atoms with E-state index in [1.54, 1.807) is 6.08 Å². The van der Waals surface area contributed by atoms with Crippen molar-refractivity contribution in [1.82, 2.24) is 9.38 Å². The van der Waals surface area contributed by atoms with E-state index in [-0.39, 0.29) is 11.7 Å². The molecule has 0 bridgehead atoms. The number of aryl methyl sites for hydroxylation is 2. The van der Waals surface area contributed by atoms with E-state index >= 15 is 0 Å². The number of carbonyl (C=O) groups is 1. The van der Waals surface area contributed by atoms with Crippen molar-refractivity contribution in [3.8, 4) is 28.1 Å². The molecular formula is C41H51N3O5. The zero-order chi connectivity index (χ0) is 35.5. The third-order valence-electron chi connectivity index (χ3n) is 9.03. The Morgan fingerprint density at radius 1 is 1.06 bits per heavy atom. The summed E-state index contributed by atoms with van der Waals surface area (Å²) in [4.78, 5) is 20.2. The van der Waals surface area contributed by atoms with Gasteiger partial charge in [0.05, 0.1) is 29.6 Å². The Hall–Kier alpha value is -4.40. The van der Waals surface area contributed by atoms with Crippen LogP contribution in [0.2, 0.25) is 0 Å². The molecule has 4 aromatic rings. The Kier molecular flexibility index (Phi) is 10.7. The highest BCUT2D eigenvalue weighted by molar-refractivity contribution is 5.80. The maximum Gasteiger partial charge on any atom is 0.337 e. The predicted molar refractivity (Wildman–Crippen MR) is 198 cm³/mol. The van der Waals surface area contributed by atoms with Gasteiger partial charge in [-0.15, -0.1) is 13.2 Å². The summed E-state index contributed by atoms with van der Waals surface area (Å²) in [6.45, 7) is 23.4. The quantitative estimate of drug-likeness (QED) is 0.143. The lowest BCUT2D eigenvalue weighted by atomic mass is 9.92. The van der Waals surface area contributed by atoms with Crippen LogP contribution in [-0.2, 0) is 14.3 Å². The lowest BCUT2D eigenvalue weighted by Crippen LogP contribution is -2.45. The van der Waals surface area contributed by atoms with Crippen LogP contribution in [0.15, 0.2) is 80.0 Å². The van der Waals surface area contributed by atoms with Crippen LogP contribution in [0, 0.1) is 13.8 Å². The summed E-state index contributed by atoms with van der Waals surface area (Å²) in [5.74, 6) is 0.585. The molecule has 1 aliphatic rings. The van der Waals surface area contributed by atoms with Crippen LogP contribution in [0.4, 0.5) is 5.82 Å². The number of hydrogen-bond acceptors (Lipinski definition) is 6. The Morgan fingerprint density at radius 3 is 2.43 bits per heavy atom. The van der Waals surface area contributed by atoms with Gasteiger partial charge in [-0.2, -0.15) is 0 Å². The van der Waals surface area contributed by atoms with Gasteiger partial charge in [-0.05, 0) is 96.7 Å². The Labute approximate surface area is 291 Å². The first kappa shape index (κ1) is 35.9.